The van der Waals surface area contributed by atoms with Crippen molar-refractivity contribution in [2.45, 2.75) is 13.8 Å². The number of hydrogen-bond donors (Lipinski definition) is 0. The molecular weight excluding hydrogens is 272 g/mol. The van der Waals surface area contributed by atoms with Gasteiger partial charge in [-0.25, -0.2) is 8.78 Å². The van der Waals surface area contributed by atoms with Crippen LogP contribution in [0.2, 0.25) is 0 Å². The molecule has 2 nitrogen and oxygen atoms in total. The highest BCUT2D eigenvalue weighted by molar-refractivity contribution is 5.99. The molecule has 0 fully saturated rings. The molecule has 0 unspecified atom stereocenters. The fourth-order valence-corrected chi connectivity index (χ4v) is 2.28. The number of carbonyl (C=O) groups is 1. The van der Waals surface area contributed by atoms with E-state index in [-0.39, 0.29) is 17.9 Å². The summed E-state index contributed by atoms with van der Waals surface area (Å²) in [5.74, 6) is -1.89. The van der Waals surface area contributed by atoms with Gasteiger partial charge in [-0.1, -0.05) is 6.07 Å². The largest absolute Gasteiger partial charge is 0.367 e. The number of Topliss-reactive ketones (excluding diaryl/α,β-unsaturated/α-hetero) is 1. The number of aryl methyl sites for hydroxylation is 2. The molecule has 2 aromatic rings. The highest BCUT2D eigenvalue weighted by atomic mass is 19.1. The van der Waals surface area contributed by atoms with E-state index in [1.165, 1.54) is 6.07 Å². The molecule has 0 saturated carbocycles. The molecule has 0 atom stereocenters. The number of hydrogen-bond acceptors (Lipinski definition) is 2. The van der Waals surface area contributed by atoms with Gasteiger partial charge in [-0.2, -0.15) is 0 Å². The Morgan fingerprint density at radius 2 is 1.67 bits per heavy atom. The summed E-state index contributed by atoms with van der Waals surface area (Å²) in [5.41, 5.74) is 2.99. The van der Waals surface area contributed by atoms with Crippen LogP contribution in [0, 0.1) is 25.5 Å². The van der Waals surface area contributed by atoms with Crippen LogP contribution in [0.15, 0.2) is 36.4 Å². The van der Waals surface area contributed by atoms with Crippen LogP contribution in [0.4, 0.5) is 14.5 Å². The third kappa shape index (κ3) is 3.66. The number of likely N-dealkylation sites (N-methyl/N-ethyl adjacent to an activating group) is 1. The van der Waals surface area contributed by atoms with Gasteiger partial charge in [0, 0.05) is 18.8 Å². The zero-order chi connectivity index (χ0) is 15.6. The Hall–Kier alpha value is -2.23. The summed E-state index contributed by atoms with van der Waals surface area (Å²) in [6.45, 7) is 3.99. The van der Waals surface area contributed by atoms with Crippen LogP contribution in [0.3, 0.4) is 0 Å². The van der Waals surface area contributed by atoms with E-state index in [0.717, 1.165) is 28.9 Å². The lowest BCUT2D eigenvalue weighted by Crippen LogP contribution is -2.26. The lowest BCUT2D eigenvalue weighted by atomic mass is 10.1. The van der Waals surface area contributed by atoms with E-state index in [4.69, 9.17) is 0 Å². The Morgan fingerprint density at radius 3 is 2.24 bits per heavy atom. The van der Waals surface area contributed by atoms with Crippen molar-refractivity contribution in [1.29, 1.82) is 0 Å². The van der Waals surface area contributed by atoms with Crippen LogP contribution in [0.5, 0.6) is 0 Å². The molecule has 0 N–H and O–H groups in total. The van der Waals surface area contributed by atoms with E-state index in [0.29, 0.717) is 0 Å². The minimum absolute atomic E-state index is 0.0332. The molecule has 0 radical (unpaired) electrons. The molecule has 2 rings (SSSR count). The quantitative estimate of drug-likeness (QED) is 0.796. The van der Waals surface area contributed by atoms with Gasteiger partial charge in [0.1, 0.15) is 11.6 Å². The zero-order valence-electron chi connectivity index (χ0n) is 12.3. The fraction of sp³-hybridized carbons (Fsp3) is 0.235. The van der Waals surface area contributed by atoms with Gasteiger partial charge in [0.25, 0.3) is 0 Å². The molecule has 0 aliphatic carbocycles. The van der Waals surface area contributed by atoms with Crippen molar-refractivity contribution in [1.82, 2.24) is 0 Å². The lowest BCUT2D eigenvalue weighted by molar-refractivity contribution is 0.0996. The van der Waals surface area contributed by atoms with Crippen molar-refractivity contribution >= 4 is 11.5 Å². The summed E-state index contributed by atoms with van der Waals surface area (Å²) in [5, 5.41) is 0. The molecule has 0 aromatic heterocycles. The molecule has 2 aromatic carbocycles. The van der Waals surface area contributed by atoms with Gasteiger partial charge in [-0.05, 0) is 49.2 Å². The number of halogens is 2. The minimum Gasteiger partial charge on any atom is -0.367 e. The summed E-state index contributed by atoms with van der Waals surface area (Å²) >= 11 is 0. The van der Waals surface area contributed by atoms with Crippen molar-refractivity contribution in [3.8, 4) is 0 Å². The number of anilines is 1. The Bertz CT molecular complexity index is 662. The second kappa shape index (κ2) is 6.04. The lowest BCUT2D eigenvalue weighted by Gasteiger charge is -2.20. The maximum Gasteiger partial charge on any atom is 0.185 e. The van der Waals surface area contributed by atoms with Crippen molar-refractivity contribution < 1.29 is 13.6 Å². The number of nitrogens with zero attached hydrogens (tertiary/aromatic N) is 1. The van der Waals surface area contributed by atoms with E-state index >= 15 is 0 Å². The molecule has 110 valence electrons. The first-order valence-corrected chi connectivity index (χ1v) is 6.64. The Kier molecular flexibility index (Phi) is 4.36. The fourth-order valence-electron chi connectivity index (χ4n) is 2.28. The predicted octanol–water partition coefficient (Wildman–Crippen LogP) is 3.90. The van der Waals surface area contributed by atoms with Crippen LogP contribution in [0.25, 0.3) is 0 Å². The van der Waals surface area contributed by atoms with Crippen molar-refractivity contribution in [3.63, 3.8) is 0 Å². The summed E-state index contributed by atoms with van der Waals surface area (Å²) in [4.78, 5) is 13.9. The van der Waals surface area contributed by atoms with Crippen molar-refractivity contribution in [2.75, 3.05) is 18.5 Å². The van der Waals surface area contributed by atoms with E-state index in [9.17, 15) is 13.6 Å². The molecule has 0 amide bonds. The summed E-state index contributed by atoms with van der Waals surface area (Å²) in [6, 6.07) is 8.96. The van der Waals surface area contributed by atoms with E-state index in [2.05, 4.69) is 0 Å². The van der Waals surface area contributed by atoms with Crippen molar-refractivity contribution in [2.24, 2.45) is 0 Å². The molecule has 4 heteroatoms. The highest BCUT2D eigenvalue weighted by Crippen LogP contribution is 2.18. The van der Waals surface area contributed by atoms with Gasteiger partial charge in [0.05, 0.1) is 12.1 Å². The average Bonchev–Trinajstić information content (AvgIpc) is 2.37. The van der Waals surface area contributed by atoms with Crippen LogP contribution in [-0.2, 0) is 0 Å². The highest BCUT2D eigenvalue weighted by Gasteiger charge is 2.15. The molecule has 0 bridgehead atoms. The first kappa shape index (κ1) is 15.2. The Labute approximate surface area is 123 Å². The standard InChI is InChI=1S/C17H17F2NO/c1-11-6-12(2)8-14(7-11)20(3)10-17(21)15-5-4-13(18)9-16(15)19/h4-9H,10H2,1-3H3. The van der Waals surface area contributed by atoms with Gasteiger partial charge in [0.2, 0.25) is 0 Å². The molecule has 0 aliphatic rings. The van der Waals surface area contributed by atoms with Gasteiger partial charge in [-0.3, -0.25) is 4.79 Å². The summed E-state index contributed by atoms with van der Waals surface area (Å²) < 4.78 is 26.5. The molecular formula is C17H17F2NO. The third-order valence-electron chi connectivity index (χ3n) is 3.26. The van der Waals surface area contributed by atoms with Crippen LogP contribution in [-0.4, -0.2) is 19.4 Å². The van der Waals surface area contributed by atoms with Crippen LogP contribution < -0.4 is 4.90 Å². The van der Waals surface area contributed by atoms with E-state index < -0.39 is 11.6 Å². The summed E-state index contributed by atoms with van der Waals surface area (Å²) in [7, 11) is 1.77. The molecule has 0 saturated heterocycles. The summed E-state index contributed by atoms with van der Waals surface area (Å²) in [6.07, 6.45) is 0. The third-order valence-corrected chi connectivity index (χ3v) is 3.26. The Balaban J connectivity index is 2.18. The van der Waals surface area contributed by atoms with Gasteiger partial charge < -0.3 is 4.90 Å². The molecule has 0 heterocycles. The zero-order valence-corrected chi connectivity index (χ0v) is 12.3. The normalized spacial score (nSPS) is 10.5. The first-order valence-electron chi connectivity index (χ1n) is 6.64. The minimum atomic E-state index is -0.825. The predicted molar refractivity (Wildman–Crippen MR) is 79.9 cm³/mol. The molecule has 21 heavy (non-hydrogen) atoms. The SMILES string of the molecule is Cc1cc(C)cc(N(C)CC(=O)c2ccc(F)cc2F)c1. The monoisotopic (exact) mass is 289 g/mol. The second-order valence-corrected chi connectivity index (χ2v) is 5.25. The van der Waals surface area contributed by atoms with Crippen LogP contribution >= 0.6 is 0 Å². The maximum atomic E-state index is 13.6. The number of rotatable bonds is 4. The topological polar surface area (TPSA) is 20.3 Å². The number of carbonyl (C=O) groups excluding carboxylic acids is 1. The van der Waals surface area contributed by atoms with Crippen molar-refractivity contribution in [3.05, 3.63) is 64.7 Å². The maximum absolute atomic E-state index is 13.6. The smallest absolute Gasteiger partial charge is 0.185 e. The van der Waals surface area contributed by atoms with Gasteiger partial charge in [-0.15, -0.1) is 0 Å². The average molecular weight is 289 g/mol. The number of benzene rings is 2. The Morgan fingerprint density at radius 1 is 1.05 bits per heavy atom. The van der Waals surface area contributed by atoms with E-state index in [1.807, 2.05) is 32.0 Å². The first-order chi connectivity index (χ1) is 9.86. The second-order valence-electron chi connectivity index (χ2n) is 5.25. The van der Waals surface area contributed by atoms with Gasteiger partial charge >= 0.3 is 0 Å². The van der Waals surface area contributed by atoms with Gasteiger partial charge in [0.15, 0.2) is 5.78 Å². The van der Waals surface area contributed by atoms with E-state index in [1.54, 1.807) is 11.9 Å². The molecule has 0 spiro atoms. The van der Waals surface area contributed by atoms with Crippen LogP contribution in [0.1, 0.15) is 21.5 Å². The molecule has 0 aliphatic heterocycles. The number of ketones is 1.